The maximum absolute atomic E-state index is 12.4. The summed E-state index contributed by atoms with van der Waals surface area (Å²) in [5.74, 6) is 2.58. The minimum Gasteiger partial charge on any atom is -0.459 e. The maximum atomic E-state index is 12.4. The van der Waals surface area contributed by atoms with Crippen molar-refractivity contribution < 1.29 is 9.53 Å². The monoisotopic (exact) mass is 250 g/mol. The summed E-state index contributed by atoms with van der Waals surface area (Å²) in [6, 6.07) is 0. The molecule has 0 saturated heterocycles. The van der Waals surface area contributed by atoms with E-state index in [2.05, 4.69) is 13.8 Å². The second-order valence-electron chi connectivity index (χ2n) is 7.36. The SMILES string of the molecule is C[C@@H]1CC2CC(C1)C(C(=O)OC1(C)CCCC1)C2. The van der Waals surface area contributed by atoms with E-state index in [0.29, 0.717) is 5.92 Å². The molecule has 0 N–H and O–H groups in total. The average Bonchev–Trinajstić information content (AvgIpc) is 2.83. The Hall–Kier alpha value is -0.530. The van der Waals surface area contributed by atoms with Crippen LogP contribution in [0.15, 0.2) is 0 Å². The Morgan fingerprint density at radius 3 is 2.56 bits per heavy atom. The minimum absolute atomic E-state index is 0.126. The fraction of sp³-hybridized carbons (Fsp3) is 0.938. The van der Waals surface area contributed by atoms with Crippen molar-refractivity contribution in [1.29, 1.82) is 0 Å². The molecule has 2 heteroatoms. The molecule has 0 heterocycles. The molecule has 102 valence electrons. The lowest BCUT2D eigenvalue weighted by molar-refractivity contribution is -0.164. The lowest BCUT2D eigenvalue weighted by Crippen LogP contribution is -2.33. The van der Waals surface area contributed by atoms with Crippen LogP contribution in [0.1, 0.15) is 65.2 Å². The number of fused-ring (bicyclic) bond motifs is 2. The molecule has 2 nitrogen and oxygen atoms in total. The Morgan fingerprint density at radius 1 is 1.11 bits per heavy atom. The van der Waals surface area contributed by atoms with Crippen LogP contribution in [0, 0.1) is 23.7 Å². The van der Waals surface area contributed by atoms with E-state index in [1.54, 1.807) is 0 Å². The molecule has 2 bridgehead atoms. The molecule has 18 heavy (non-hydrogen) atoms. The van der Waals surface area contributed by atoms with Crippen molar-refractivity contribution >= 4 is 5.97 Å². The molecule has 3 fully saturated rings. The standard InChI is InChI=1S/C16H26O2/c1-11-7-12-9-13(8-11)14(10-12)15(17)18-16(2)5-3-4-6-16/h11-14H,3-10H2,1-2H3/t11-,12?,13?,14?/m1/s1. The number of carbonyl (C=O) groups excluding carboxylic acids is 1. The van der Waals surface area contributed by atoms with Gasteiger partial charge in [0.2, 0.25) is 0 Å². The molecule has 0 aliphatic heterocycles. The van der Waals surface area contributed by atoms with Crippen LogP contribution < -0.4 is 0 Å². The van der Waals surface area contributed by atoms with E-state index in [-0.39, 0.29) is 17.5 Å². The predicted molar refractivity (Wildman–Crippen MR) is 71.1 cm³/mol. The van der Waals surface area contributed by atoms with E-state index in [4.69, 9.17) is 4.74 Å². The van der Waals surface area contributed by atoms with Crippen molar-refractivity contribution in [2.24, 2.45) is 23.7 Å². The lowest BCUT2D eigenvalue weighted by Gasteiger charge is -2.29. The molecule has 3 aliphatic carbocycles. The predicted octanol–water partition coefficient (Wildman–Crippen LogP) is 3.93. The summed E-state index contributed by atoms with van der Waals surface area (Å²) < 4.78 is 5.89. The van der Waals surface area contributed by atoms with Crippen LogP contribution in [0.2, 0.25) is 0 Å². The van der Waals surface area contributed by atoms with Crippen LogP contribution in [0.25, 0.3) is 0 Å². The first-order chi connectivity index (χ1) is 8.56. The van der Waals surface area contributed by atoms with E-state index in [0.717, 1.165) is 31.1 Å². The van der Waals surface area contributed by atoms with Crippen molar-refractivity contribution in [1.82, 2.24) is 0 Å². The number of carbonyl (C=O) groups is 1. The van der Waals surface area contributed by atoms with Gasteiger partial charge in [-0.2, -0.15) is 0 Å². The van der Waals surface area contributed by atoms with Gasteiger partial charge >= 0.3 is 5.97 Å². The Labute approximate surface area is 110 Å². The third kappa shape index (κ3) is 2.31. The quantitative estimate of drug-likeness (QED) is 0.694. The van der Waals surface area contributed by atoms with Gasteiger partial charge in [0.05, 0.1) is 5.92 Å². The molecular formula is C16H26O2. The van der Waals surface area contributed by atoms with Crippen LogP contribution >= 0.6 is 0 Å². The Kier molecular flexibility index (Phi) is 3.15. The van der Waals surface area contributed by atoms with E-state index >= 15 is 0 Å². The second-order valence-corrected chi connectivity index (χ2v) is 7.36. The summed E-state index contributed by atoms with van der Waals surface area (Å²) in [6.07, 6.45) is 9.52. The highest BCUT2D eigenvalue weighted by Crippen LogP contribution is 2.49. The van der Waals surface area contributed by atoms with Crippen LogP contribution in [0.5, 0.6) is 0 Å². The topological polar surface area (TPSA) is 26.3 Å². The molecule has 0 spiro atoms. The number of esters is 1. The first-order valence-electron chi connectivity index (χ1n) is 7.78. The fourth-order valence-electron chi connectivity index (χ4n) is 4.71. The summed E-state index contributed by atoms with van der Waals surface area (Å²) in [4.78, 5) is 12.4. The average molecular weight is 250 g/mol. The molecular weight excluding hydrogens is 224 g/mol. The largest absolute Gasteiger partial charge is 0.459 e. The van der Waals surface area contributed by atoms with E-state index in [9.17, 15) is 4.79 Å². The van der Waals surface area contributed by atoms with Gasteiger partial charge in [0.1, 0.15) is 5.60 Å². The molecule has 4 atom stereocenters. The zero-order valence-electron chi connectivity index (χ0n) is 11.8. The molecule has 3 rings (SSSR count). The lowest BCUT2D eigenvalue weighted by atomic mass is 9.81. The fourth-order valence-corrected chi connectivity index (χ4v) is 4.71. The third-order valence-corrected chi connectivity index (χ3v) is 5.54. The molecule has 0 radical (unpaired) electrons. The normalized spacial score (nSPS) is 41.9. The highest BCUT2D eigenvalue weighted by molar-refractivity contribution is 5.73. The highest BCUT2D eigenvalue weighted by atomic mass is 16.6. The molecule has 3 saturated carbocycles. The van der Waals surface area contributed by atoms with Gasteiger partial charge in [-0.15, -0.1) is 0 Å². The summed E-state index contributed by atoms with van der Waals surface area (Å²) >= 11 is 0. The Bertz CT molecular complexity index is 330. The van der Waals surface area contributed by atoms with Crippen molar-refractivity contribution in [2.75, 3.05) is 0 Å². The first kappa shape index (κ1) is 12.5. The van der Waals surface area contributed by atoms with Crippen molar-refractivity contribution in [2.45, 2.75) is 70.8 Å². The smallest absolute Gasteiger partial charge is 0.309 e. The zero-order valence-corrected chi connectivity index (χ0v) is 11.8. The Balaban J connectivity index is 1.63. The summed E-state index contributed by atoms with van der Waals surface area (Å²) in [5, 5.41) is 0. The zero-order chi connectivity index (χ0) is 12.8. The number of ether oxygens (including phenoxy) is 1. The van der Waals surface area contributed by atoms with Crippen LogP contribution in [0.3, 0.4) is 0 Å². The van der Waals surface area contributed by atoms with Gasteiger partial charge in [-0.1, -0.05) is 6.92 Å². The second kappa shape index (κ2) is 4.54. The van der Waals surface area contributed by atoms with Gasteiger partial charge < -0.3 is 4.74 Å². The van der Waals surface area contributed by atoms with E-state index < -0.39 is 0 Å². The van der Waals surface area contributed by atoms with Gasteiger partial charge in [-0.05, 0) is 76.0 Å². The van der Waals surface area contributed by atoms with Crippen LogP contribution in [-0.2, 0) is 9.53 Å². The van der Waals surface area contributed by atoms with Crippen molar-refractivity contribution in [3.05, 3.63) is 0 Å². The molecule has 0 aromatic carbocycles. The summed E-state index contributed by atoms with van der Waals surface area (Å²) in [6.45, 7) is 4.47. The van der Waals surface area contributed by atoms with Crippen molar-refractivity contribution in [3.8, 4) is 0 Å². The summed E-state index contributed by atoms with van der Waals surface area (Å²) in [7, 11) is 0. The van der Waals surface area contributed by atoms with E-state index in [1.807, 2.05) is 0 Å². The maximum Gasteiger partial charge on any atom is 0.309 e. The van der Waals surface area contributed by atoms with Gasteiger partial charge in [0.25, 0.3) is 0 Å². The number of hydrogen-bond acceptors (Lipinski definition) is 2. The molecule has 0 amide bonds. The van der Waals surface area contributed by atoms with Gasteiger partial charge in [-0.3, -0.25) is 4.79 Å². The van der Waals surface area contributed by atoms with Gasteiger partial charge in [-0.25, -0.2) is 0 Å². The number of hydrogen-bond donors (Lipinski definition) is 0. The van der Waals surface area contributed by atoms with Crippen molar-refractivity contribution in [3.63, 3.8) is 0 Å². The molecule has 0 aromatic heterocycles. The minimum atomic E-state index is -0.139. The highest BCUT2D eigenvalue weighted by Gasteiger charge is 2.45. The Morgan fingerprint density at radius 2 is 1.83 bits per heavy atom. The molecule has 0 aromatic rings. The van der Waals surface area contributed by atoms with E-state index in [1.165, 1.54) is 32.1 Å². The summed E-state index contributed by atoms with van der Waals surface area (Å²) in [5.41, 5.74) is -0.139. The van der Waals surface area contributed by atoms with Gasteiger partial charge in [0, 0.05) is 0 Å². The van der Waals surface area contributed by atoms with Gasteiger partial charge in [0.15, 0.2) is 0 Å². The van der Waals surface area contributed by atoms with Crippen LogP contribution in [-0.4, -0.2) is 11.6 Å². The number of rotatable bonds is 2. The third-order valence-electron chi connectivity index (χ3n) is 5.54. The first-order valence-corrected chi connectivity index (χ1v) is 7.78. The molecule has 3 aliphatic rings. The van der Waals surface area contributed by atoms with Crippen LogP contribution in [0.4, 0.5) is 0 Å². The molecule has 3 unspecified atom stereocenters.